The monoisotopic (exact) mass is 374 g/mol. The average molecular weight is 376 g/mol. The number of carbonyl (C=O) groups excluding carboxylic acids is 1. The Bertz CT molecular complexity index is 517. The third-order valence-corrected chi connectivity index (χ3v) is 4.83. The molecular formula is C15H20BrClN2O2. The summed E-state index contributed by atoms with van der Waals surface area (Å²) in [6.45, 7) is 0.712. The summed E-state index contributed by atoms with van der Waals surface area (Å²) in [5.74, 6) is 1.21. The van der Waals surface area contributed by atoms with Gasteiger partial charge in [0, 0.05) is 10.9 Å². The number of rotatable bonds is 4. The standard InChI is InChI=1S/C15H20BrClN2O2/c1-21-14-12(16)6-11(17)7-13(14)19-15(20)10-4-2-9(8-18)3-5-10/h6-7,9-10H,2-5,8,18H2,1H3,(H,19,20). The zero-order valence-corrected chi connectivity index (χ0v) is 14.3. The second-order valence-electron chi connectivity index (χ2n) is 5.41. The lowest BCUT2D eigenvalue weighted by molar-refractivity contribution is -0.121. The second-order valence-corrected chi connectivity index (χ2v) is 6.70. The third kappa shape index (κ3) is 4.11. The third-order valence-electron chi connectivity index (χ3n) is 4.02. The molecule has 0 heterocycles. The predicted molar refractivity (Wildman–Crippen MR) is 88.8 cm³/mol. The van der Waals surface area contributed by atoms with Gasteiger partial charge in [0.15, 0.2) is 5.75 Å². The van der Waals surface area contributed by atoms with Crippen molar-refractivity contribution in [2.24, 2.45) is 17.6 Å². The fourth-order valence-electron chi connectivity index (χ4n) is 2.76. The van der Waals surface area contributed by atoms with Crippen molar-refractivity contribution in [1.82, 2.24) is 0 Å². The minimum Gasteiger partial charge on any atom is -0.493 e. The molecule has 116 valence electrons. The van der Waals surface area contributed by atoms with Crippen molar-refractivity contribution in [2.75, 3.05) is 19.0 Å². The smallest absolute Gasteiger partial charge is 0.227 e. The van der Waals surface area contributed by atoms with Crippen LogP contribution in [0.4, 0.5) is 5.69 Å². The van der Waals surface area contributed by atoms with Crippen molar-refractivity contribution in [1.29, 1.82) is 0 Å². The molecule has 0 aliphatic heterocycles. The van der Waals surface area contributed by atoms with Crippen molar-refractivity contribution in [3.8, 4) is 5.75 Å². The molecule has 1 fully saturated rings. The number of benzene rings is 1. The van der Waals surface area contributed by atoms with E-state index in [4.69, 9.17) is 22.1 Å². The van der Waals surface area contributed by atoms with E-state index in [9.17, 15) is 4.79 Å². The number of nitrogens with one attached hydrogen (secondary N) is 1. The number of amides is 1. The average Bonchev–Trinajstić information content (AvgIpc) is 2.47. The lowest BCUT2D eigenvalue weighted by Gasteiger charge is -2.27. The molecule has 1 aromatic rings. The summed E-state index contributed by atoms with van der Waals surface area (Å²) in [5, 5.41) is 3.48. The van der Waals surface area contributed by atoms with Crippen molar-refractivity contribution >= 4 is 39.1 Å². The van der Waals surface area contributed by atoms with Gasteiger partial charge < -0.3 is 15.8 Å². The highest BCUT2D eigenvalue weighted by Gasteiger charge is 2.26. The van der Waals surface area contributed by atoms with Gasteiger partial charge >= 0.3 is 0 Å². The van der Waals surface area contributed by atoms with Crippen LogP contribution in [0.3, 0.4) is 0 Å². The molecule has 1 aliphatic carbocycles. The molecule has 0 aromatic heterocycles. The fraction of sp³-hybridized carbons (Fsp3) is 0.533. The second kappa shape index (κ2) is 7.47. The summed E-state index contributed by atoms with van der Waals surface area (Å²) in [6.07, 6.45) is 3.81. The number of hydrogen-bond donors (Lipinski definition) is 2. The highest BCUT2D eigenvalue weighted by Crippen LogP contribution is 2.37. The molecule has 6 heteroatoms. The van der Waals surface area contributed by atoms with Crippen molar-refractivity contribution in [3.05, 3.63) is 21.6 Å². The van der Waals surface area contributed by atoms with E-state index in [1.54, 1.807) is 19.2 Å². The molecule has 0 unspecified atom stereocenters. The molecule has 0 bridgehead atoms. The summed E-state index contributed by atoms with van der Waals surface area (Å²) in [7, 11) is 1.57. The first-order chi connectivity index (χ1) is 10.0. The van der Waals surface area contributed by atoms with E-state index >= 15 is 0 Å². The Labute approximate surface area is 138 Å². The predicted octanol–water partition coefficient (Wildman–Crippen LogP) is 3.81. The van der Waals surface area contributed by atoms with Crippen LogP contribution in [0.5, 0.6) is 5.75 Å². The van der Waals surface area contributed by atoms with Gasteiger partial charge in [-0.05, 0) is 66.2 Å². The van der Waals surface area contributed by atoms with E-state index in [0.29, 0.717) is 28.9 Å². The summed E-state index contributed by atoms with van der Waals surface area (Å²) < 4.78 is 6.04. The highest BCUT2D eigenvalue weighted by atomic mass is 79.9. The van der Waals surface area contributed by atoms with Crippen LogP contribution in [0.15, 0.2) is 16.6 Å². The van der Waals surface area contributed by atoms with Crippen LogP contribution in [-0.4, -0.2) is 19.6 Å². The van der Waals surface area contributed by atoms with Gasteiger partial charge in [0.25, 0.3) is 0 Å². The highest BCUT2D eigenvalue weighted by molar-refractivity contribution is 9.10. The molecular weight excluding hydrogens is 356 g/mol. The van der Waals surface area contributed by atoms with Crippen LogP contribution in [0, 0.1) is 11.8 Å². The van der Waals surface area contributed by atoms with E-state index in [2.05, 4.69) is 21.2 Å². The molecule has 1 aliphatic rings. The van der Waals surface area contributed by atoms with E-state index < -0.39 is 0 Å². The number of methoxy groups -OCH3 is 1. The number of nitrogens with two attached hydrogens (primary N) is 1. The minimum absolute atomic E-state index is 0.0259. The summed E-state index contributed by atoms with van der Waals surface area (Å²) in [4.78, 5) is 12.4. The zero-order valence-electron chi connectivity index (χ0n) is 12.0. The van der Waals surface area contributed by atoms with Gasteiger partial charge in [0.1, 0.15) is 0 Å². The molecule has 2 rings (SSSR count). The normalized spacial score (nSPS) is 21.9. The van der Waals surface area contributed by atoms with Crippen LogP contribution >= 0.6 is 27.5 Å². The first-order valence-electron chi connectivity index (χ1n) is 7.09. The lowest BCUT2D eigenvalue weighted by Crippen LogP contribution is -2.29. The molecule has 1 saturated carbocycles. The van der Waals surface area contributed by atoms with Gasteiger partial charge in [0.05, 0.1) is 17.3 Å². The van der Waals surface area contributed by atoms with Crippen molar-refractivity contribution in [3.63, 3.8) is 0 Å². The quantitative estimate of drug-likeness (QED) is 0.841. The first-order valence-corrected chi connectivity index (χ1v) is 8.26. The molecule has 1 amide bonds. The largest absolute Gasteiger partial charge is 0.493 e. The van der Waals surface area contributed by atoms with Gasteiger partial charge in [-0.1, -0.05) is 11.6 Å². The molecule has 21 heavy (non-hydrogen) atoms. The zero-order chi connectivity index (χ0) is 15.4. The molecule has 4 nitrogen and oxygen atoms in total. The molecule has 3 N–H and O–H groups in total. The number of ether oxygens (including phenoxy) is 1. The summed E-state index contributed by atoms with van der Waals surface area (Å²) in [5.41, 5.74) is 6.28. The van der Waals surface area contributed by atoms with Crippen molar-refractivity contribution < 1.29 is 9.53 Å². The van der Waals surface area contributed by atoms with E-state index in [1.807, 2.05) is 0 Å². The van der Waals surface area contributed by atoms with Gasteiger partial charge in [-0.25, -0.2) is 0 Å². The van der Waals surface area contributed by atoms with Gasteiger partial charge in [-0.3, -0.25) is 4.79 Å². The van der Waals surface area contributed by atoms with Crippen LogP contribution in [-0.2, 0) is 4.79 Å². The Morgan fingerprint density at radius 2 is 2.10 bits per heavy atom. The minimum atomic E-state index is 0.0259. The lowest BCUT2D eigenvalue weighted by atomic mass is 9.81. The van der Waals surface area contributed by atoms with Gasteiger partial charge in [0.2, 0.25) is 5.91 Å². The van der Waals surface area contributed by atoms with Crippen LogP contribution in [0.2, 0.25) is 5.02 Å². The fourth-order valence-corrected chi connectivity index (χ4v) is 3.73. The Hall–Kier alpha value is -0.780. The van der Waals surface area contributed by atoms with Gasteiger partial charge in [-0.15, -0.1) is 0 Å². The molecule has 0 saturated heterocycles. The van der Waals surface area contributed by atoms with Crippen LogP contribution in [0.25, 0.3) is 0 Å². The summed E-state index contributed by atoms with van der Waals surface area (Å²) in [6, 6.07) is 3.44. The van der Waals surface area contributed by atoms with Crippen LogP contribution < -0.4 is 15.8 Å². The Morgan fingerprint density at radius 3 is 2.67 bits per heavy atom. The Kier molecular flexibility index (Phi) is 5.90. The first kappa shape index (κ1) is 16.6. The van der Waals surface area contributed by atoms with Crippen LogP contribution in [0.1, 0.15) is 25.7 Å². The maximum absolute atomic E-state index is 12.4. The van der Waals surface area contributed by atoms with Crippen molar-refractivity contribution in [2.45, 2.75) is 25.7 Å². The molecule has 0 spiro atoms. The van der Waals surface area contributed by atoms with E-state index in [0.717, 1.165) is 30.2 Å². The maximum Gasteiger partial charge on any atom is 0.227 e. The summed E-state index contributed by atoms with van der Waals surface area (Å²) >= 11 is 9.42. The number of carbonyl (C=O) groups is 1. The number of hydrogen-bond acceptors (Lipinski definition) is 3. The maximum atomic E-state index is 12.4. The number of anilines is 1. The molecule has 0 atom stereocenters. The Balaban J connectivity index is 2.06. The number of halogens is 2. The Morgan fingerprint density at radius 1 is 1.43 bits per heavy atom. The van der Waals surface area contributed by atoms with E-state index in [-0.39, 0.29) is 11.8 Å². The molecule has 0 radical (unpaired) electrons. The van der Waals surface area contributed by atoms with E-state index in [1.165, 1.54) is 0 Å². The molecule has 1 aromatic carbocycles. The topological polar surface area (TPSA) is 64.3 Å². The van der Waals surface area contributed by atoms with Gasteiger partial charge in [-0.2, -0.15) is 0 Å². The SMILES string of the molecule is COc1c(Br)cc(Cl)cc1NC(=O)C1CCC(CN)CC1.